The van der Waals surface area contributed by atoms with Gasteiger partial charge in [0, 0.05) is 43.4 Å². The molecule has 0 radical (unpaired) electrons. The fourth-order valence-corrected chi connectivity index (χ4v) is 9.00. The molecule has 8 rings (SSSR count). The topological polar surface area (TPSA) is 93.2 Å². The van der Waals surface area contributed by atoms with Gasteiger partial charge in [0.1, 0.15) is 35.2 Å². The summed E-state index contributed by atoms with van der Waals surface area (Å²) in [6.07, 6.45) is 5.42. The minimum atomic E-state index is -5.02. The standard InChI is InChI=1S/C39H37F5N6O4/c1-5-26-29(40)9-7-23-13-25(54-20-52-4)14-27(31(23)26)33-32(41)34-28(16-45-33)35(47-37(46-34)53-19-38-11-6-12-48(38)17-21(2)15-38)49-18-24-8-10-30(22(49)3)50(24)36(51)39(42,43)44/h1,7,9,13-14,16,22,24,30H,2,6,8,10-12,15,17-20H2,3-4H3. The van der Waals surface area contributed by atoms with Crippen molar-refractivity contribution in [3.63, 3.8) is 0 Å². The van der Waals surface area contributed by atoms with Crippen LogP contribution in [-0.4, -0.2) is 101 Å². The van der Waals surface area contributed by atoms with Gasteiger partial charge in [-0.3, -0.25) is 14.7 Å². The average Bonchev–Trinajstić information content (AvgIpc) is 3.79. The van der Waals surface area contributed by atoms with Crippen LogP contribution in [0.15, 0.2) is 42.6 Å². The first-order valence-corrected chi connectivity index (χ1v) is 17.8. The van der Waals surface area contributed by atoms with E-state index in [-0.39, 0.29) is 76.2 Å². The molecule has 1 amide bonds. The largest absolute Gasteiger partial charge is 0.471 e. The van der Waals surface area contributed by atoms with Gasteiger partial charge < -0.3 is 24.0 Å². The second kappa shape index (κ2) is 13.3. The molecule has 2 aromatic heterocycles. The Morgan fingerprint density at radius 3 is 2.74 bits per heavy atom. The molecule has 6 heterocycles. The number of rotatable bonds is 8. The Labute approximate surface area is 307 Å². The molecule has 15 heteroatoms. The van der Waals surface area contributed by atoms with E-state index in [1.54, 1.807) is 17.9 Å². The number of ether oxygens (including phenoxy) is 3. The number of aromatic nitrogens is 3. The fraction of sp³-hybridized carbons (Fsp3) is 0.436. The molecular weight excluding hydrogens is 711 g/mol. The maximum Gasteiger partial charge on any atom is 0.471 e. The minimum Gasteiger partial charge on any atom is -0.468 e. The monoisotopic (exact) mass is 748 g/mol. The summed E-state index contributed by atoms with van der Waals surface area (Å²) >= 11 is 0. The summed E-state index contributed by atoms with van der Waals surface area (Å²) in [6.45, 7) is 7.65. The Morgan fingerprint density at radius 1 is 1.17 bits per heavy atom. The molecule has 4 saturated heterocycles. The number of nitrogens with zero attached hydrogens (tertiary/aromatic N) is 6. The van der Waals surface area contributed by atoms with E-state index >= 15 is 8.78 Å². The zero-order valence-corrected chi connectivity index (χ0v) is 29.7. The van der Waals surface area contributed by atoms with Gasteiger partial charge in [0.05, 0.1) is 28.6 Å². The Bertz CT molecular complexity index is 2240. The number of halogens is 5. The van der Waals surface area contributed by atoms with Gasteiger partial charge in [0.2, 0.25) is 0 Å². The summed E-state index contributed by atoms with van der Waals surface area (Å²) < 4.78 is 90.5. The quantitative estimate of drug-likeness (QED) is 0.0880. The van der Waals surface area contributed by atoms with E-state index in [1.807, 2.05) is 0 Å². The average molecular weight is 749 g/mol. The Balaban J connectivity index is 1.28. The van der Waals surface area contributed by atoms with Crippen LogP contribution in [0, 0.1) is 24.0 Å². The van der Waals surface area contributed by atoms with Gasteiger partial charge in [-0.1, -0.05) is 24.1 Å². The van der Waals surface area contributed by atoms with Gasteiger partial charge in [0.15, 0.2) is 12.6 Å². The SMILES string of the molecule is C#Cc1c(F)ccc2cc(OCOC)cc(-c3ncc4c(N5CC6CCC(C5C)N6C(=O)C(F)(F)F)nc(OCC56CCCN5CC(=C)C6)nc4c3F)c12. The molecule has 0 saturated carbocycles. The van der Waals surface area contributed by atoms with Crippen molar-refractivity contribution in [1.29, 1.82) is 0 Å². The molecule has 4 aliphatic heterocycles. The van der Waals surface area contributed by atoms with E-state index in [0.29, 0.717) is 18.2 Å². The molecule has 4 unspecified atom stereocenters. The number of methoxy groups -OCH3 is 1. The van der Waals surface area contributed by atoms with Crippen molar-refractivity contribution in [2.75, 3.05) is 45.0 Å². The Hall–Kier alpha value is -5.07. The number of anilines is 1. The second-order valence-electron chi connectivity index (χ2n) is 14.6. The van der Waals surface area contributed by atoms with Crippen molar-refractivity contribution in [3.8, 4) is 35.4 Å². The Kier molecular flexibility index (Phi) is 8.88. The second-order valence-corrected chi connectivity index (χ2v) is 14.6. The van der Waals surface area contributed by atoms with E-state index in [9.17, 15) is 18.0 Å². The molecule has 54 heavy (non-hydrogen) atoms. The lowest BCUT2D eigenvalue weighted by molar-refractivity contribution is -0.189. The third-order valence-corrected chi connectivity index (χ3v) is 11.4. The number of carbonyl (C=O) groups is 1. The molecule has 4 aromatic rings. The molecule has 0 aliphatic carbocycles. The zero-order chi connectivity index (χ0) is 38.1. The van der Waals surface area contributed by atoms with Gasteiger partial charge in [-0.25, -0.2) is 8.78 Å². The highest BCUT2D eigenvalue weighted by Crippen LogP contribution is 2.44. The summed E-state index contributed by atoms with van der Waals surface area (Å²) in [7, 11) is 1.45. The number of alkyl halides is 3. The number of piperazine rings is 1. The molecule has 2 aromatic carbocycles. The van der Waals surface area contributed by atoms with E-state index in [4.69, 9.17) is 25.6 Å². The molecular formula is C39H37F5N6O4. The van der Waals surface area contributed by atoms with Crippen LogP contribution in [-0.2, 0) is 9.53 Å². The molecule has 4 aliphatic rings. The maximum atomic E-state index is 17.3. The zero-order valence-electron chi connectivity index (χ0n) is 29.7. The van der Waals surface area contributed by atoms with Crippen LogP contribution < -0.4 is 14.4 Å². The lowest BCUT2D eigenvalue weighted by atomic mass is 9.94. The normalized spacial score (nSPS) is 24.0. The number of hydrogen-bond acceptors (Lipinski definition) is 9. The maximum absolute atomic E-state index is 17.3. The van der Waals surface area contributed by atoms with Crippen LogP contribution in [0.4, 0.5) is 27.8 Å². The molecule has 4 atom stereocenters. The third-order valence-electron chi connectivity index (χ3n) is 11.4. The third kappa shape index (κ3) is 5.86. The summed E-state index contributed by atoms with van der Waals surface area (Å²) in [5.74, 6) is -0.551. The smallest absolute Gasteiger partial charge is 0.468 e. The molecule has 282 valence electrons. The van der Waals surface area contributed by atoms with Gasteiger partial charge >= 0.3 is 18.1 Å². The number of amides is 1. The van der Waals surface area contributed by atoms with Crippen molar-refractivity contribution in [3.05, 3.63) is 59.8 Å². The van der Waals surface area contributed by atoms with Gasteiger partial charge in [-0.2, -0.15) is 23.1 Å². The number of benzene rings is 2. The highest BCUT2D eigenvalue weighted by atomic mass is 19.4. The first-order valence-electron chi connectivity index (χ1n) is 17.8. The van der Waals surface area contributed by atoms with Gasteiger partial charge in [-0.05, 0) is 69.2 Å². The molecule has 4 fully saturated rings. The van der Waals surface area contributed by atoms with Crippen LogP contribution >= 0.6 is 0 Å². The van der Waals surface area contributed by atoms with Crippen LogP contribution in [0.25, 0.3) is 32.9 Å². The predicted octanol–water partition coefficient (Wildman–Crippen LogP) is 6.39. The van der Waals surface area contributed by atoms with E-state index in [2.05, 4.69) is 27.4 Å². The van der Waals surface area contributed by atoms with Crippen LogP contribution in [0.5, 0.6) is 11.8 Å². The van der Waals surface area contributed by atoms with Crippen molar-refractivity contribution in [1.82, 2.24) is 24.8 Å². The summed E-state index contributed by atoms with van der Waals surface area (Å²) in [4.78, 5) is 31.5. The van der Waals surface area contributed by atoms with Crippen molar-refractivity contribution < 1.29 is 41.0 Å². The molecule has 0 N–H and O–H groups in total. The summed E-state index contributed by atoms with van der Waals surface area (Å²) in [5.41, 5.74) is 0.453. The van der Waals surface area contributed by atoms with Crippen LogP contribution in [0.2, 0.25) is 0 Å². The molecule has 10 nitrogen and oxygen atoms in total. The van der Waals surface area contributed by atoms with Crippen LogP contribution in [0.3, 0.4) is 0 Å². The summed E-state index contributed by atoms with van der Waals surface area (Å²) in [6, 6.07) is 3.57. The predicted molar refractivity (Wildman–Crippen MR) is 190 cm³/mol. The lowest BCUT2D eigenvalue weighted by Crippen LogP contribution is -2.62. The number of hydrogen-bond donors (Lipinski definition) is 0. The van der Waals surface area contributed by atoms with Crippen molar-refractivity contribution in [2.24, 2.45) is 0 Å². The van der Waals surface area contributed by atoms with E-state index in [0.717, 1.165) is 42.8 Å². The van der Waals surface area contributed by atoms with Crippen LogP contribution in [0.1, 0.15) is 44.6 Å². The van der Waals surface area contributed by atoms with Gasteiger partial charge in [-0.15, -0.1) is 6.42 Å². The van der Waals surface area contributed by atoms with E-state index < -0.39 is 41.8 Å². The Morgan fingerprint density at radius 2 is 1.98 bits per heavy atom. The first-order chi connectivity index (χ1) is 25.8. The highest BCUT2D eigenvalue weighted by Gasteiger charge is 2.54. The molecule has 2 bridgehead atoms. The number of carbonyl (C=O) groups excluding carboxylic acids is 1. The van der Waals surface area contributed by atoms with Crippen molar-refractivity contribution in [2.45, 2.75) is 68.9 Å². The fourth-order valence-electron chi connectivity index (χ4n) is 9.00. The number of fused-ring (bicyclic) bond motifs is 5. The molecule has 0 spiro atoms. The van der Waals surface area contributed by atoms with Gasteiger partial charge in [0.25, 0.3) is 0 Å². The number of terminal acetylenes is 1. The van der Waals surface area contributed by atoms with E-state index in [1.165, 1.54) is 31.5 Å². The highest BCUT2D eigenvalue weighted by molar-refractivity contribution is 6.03. The number of pyridine rings is 1. The summed E-state index contributed by atoms with van der Waals surface area (Å²) in [5, 5.41) is 0.881. The van der Waals surface area contributed by atoms with Crippen molar-refractivity contribution >= 4 is 33.4 Å². The minimum absolute atomic E-state index is 0.0142. The lowest BCUT2D eigenvalue weighted by Gasteiger charge is -2.46. The first kappa shape index (κ1) is 35.9.